The van der Waals surface area contributed by atoms with Crippen LogP contribution in [0.5, 0.6) is 0 Å². The van der Waals surface area contributed by atoms with Crippen molar-refractivity contribution in [3.63, 3.8) is 0 Å². The van der Waals surface area contributed by atoms with E-state index in [4.69, 9.17) is 33.2 Å². The van der Waals surface area contributed by atoms with Crippen molar-refractivity contribution in [2.75, 3.05) is 0 Å². The molecule has 5 nitrogen and oxygen atoms in total. The third kappa shape index (κ3) is 4.11. The number of nitrogens with zero attached hydrogens (tertiary/aromatic N) is 5. The molecular weight excluding hydrogens is 461 g/mol. The zero-order valence-corrected chi connectivity index (χ0v) is 19.0. The molecule has 0 unspecified atom stereocenters. The summed E-state index contributed by atoms with van der Waals surface area (Å²) >= 11 is 14.2. The van der Waals surface area contributed by atoms with Gasteiger partial charge >= 0.3 is 0 Å². The number of benzene rings is 2. The van der Waals surface area contributed by atoms with Crippen LogP contribution < -0.4 is 0 Å². The lowest BCUT2D eigenvalue weighted by molar-refractivity contribution is 0.758. The van der Waals surface area contributed by atoms with E-state index in [0.29, 0.717) is 28.6 Å². The van der Waals surface area contributed by atoms with E-state index in [1.165, 1.54) is 0 Å². The molecule has 3 aromatic heterocycles. The molecule has 2 aromatic carbocycles. The quantitative estimate of drug-likeness (QED) is 0.296. The molecule has 156 valence electrons. The largest absolute Gasteiger partial charge is 0.323 e. The van der Waals surface area contributed by atoms with Crippen LogP contribution in [0.4, 0.5) is 0 Å². The molecule has 0 fully saturated rings. The Morgan fingerprint density at radius 3 is 2.78 bits per heavy atom. The van der Waals surface area contributed by atoms with Gasteiger partial charge < -0.3 is 4.57 Å². The molecule has 5 aromatic rings. The van der Waals surface area contributed by atoms with Gasteiger partial charge in [0.1, 0.15) is 10.8 Å². The second-order valence-corrected chi connectivity index (χ2v) is 8.93. The summed E-state index contributed by atoms with van der Waals surface area (Å²) < 4.78 is 2.08. The zero-order chi connectivity index (χ0) is 22.1. The van der Waals surface area contributed by atoms with E-state index in [0.717, 1.165) is 38.7 Å². The fraction of sp³-hybridized carbons (Fsp3) is 0.0833. The highest BCUT2D eigenvalue weighted by Crippen LogP contribution is 2.28. The van der Waals surface area contributed by atoms with Gasteiger partial charge in [-0.3, -0.25) is 4.98 Å². The molecule has 5 rings (SSSR count). The van der Waals surface area contributed by atoms with Gasteiger partial charge in [-0.15, -0.1) is 11.3 Å². The number of rotatable bonds is 5. The van der Waals surface area contributed by atoms with E-state index in [-0.39, 0.29) is 0 Å². The van der Waals surface area contributed by atoms with E-state index in [1.54, 1.807) is 35.7 Å². The fourth-order valence-electron chi connectivity index (χ4n) is 3.56. The molecule has 8 heteroatoms. The van der Waals surface area contributed by atoms with E-state index >= 15 is 0 Å². The average molecular weight is 476 g/mol. The van der Waals surface area contributed by atoms with Gasteiger partial charge in [-0.25, -0.2) is 9.97 Å². The van der Waals surface area contributed by atoms with Gasteiger partial charge in [-0.05, 0) is 54.1 Å². The van der Waals surface area contributed by atoms with Crippen LogP contribution in [0.25, 0.3) is 21.6 Å². The van der Waals surface area contributed by atoms with Crippen LogP contribution in [0.1, 0.15) is 22.6 Å². The van der Waals surface area contributed by atoms with Gasteiger partial charge in [0.2, 0.25) is 0 Å². The van der Waals surface area contributed by atoms with Gasteiger partial charge in [0.25, 0.3) is 0 Å². The summed E-state index contributed by atoms with van der Waals surface area (Å²) in [6.45, 7) is 0.486. The maximum Gasteiger partial charge on any atom is 0.125 e. The van der Waals surface area contributed by atoms with Crippen LogP contribution in [0.3, 0.4) is 0 Å². The highest BCUT2D eigenvalue weighted by Gasteiger charge is 2.16. The smallest absolute Gasteiger partial charge is 0.125 e. The Morgan fingerprint density at radius 2 is 1.97 bits per heavy atom. The number of thiazole rings is 1. The molecule has 0 aliphatic carbocycles. The molecular formula is C24H15Cl2N5S. The lowest BCUT2D eigenvalue weighted by Crippen LogP contribution is -2.07. The van der Waals surface area contributed by atoms with Crippen LogP contribution in [-0.4, -0.2) is 19.5 Å². The maximum atomic E-state index is 9.38. The third-order valence-electron chi connectivity index (χ3n) is 5.09. The van der Waals surface area contributed by atoms with Gasteiger partial charge in [-0.1, -0.05) is 23.2 Å². The van der Waals surface area contributed by atoms with Crippen molar-refractivity contribution >= 4 is 45.6 Å². The zero-order valence-electron chi connectivity index (χ0n) is 16.7. The number of fused-ring (bicyclic) bond motifs is 1. The molecule has 0 spiro atoms. The van der Waals surface area contributed by atoms with E-state index in [1.807, 2.05) is 41.9 Å². The number of imidazole rings is 1. The molecule has 32 heavy (non-hydrogen) atoms. The summed E-state index contributed by atoms with van der Waals surface area (Å²) in [6, 6.07) is 17.0. The Balaban J connectivity index is 1.57. The Bertz CT molecular complexity index is 1470. The van der Waals surface area contributed by atoms with Crippen molar-refractivity contribution in [3.8, 4) is 16.6 Å². The van der Waals surface area contributed by atoms with E-state index < -0.39 is 0 Å². The second kappa shape index (κ2) is 8.71. The average Bonchev–Trinajstić information content (AvgIpc) is 3.41. The standard InChI is InChI=1S/C24H15Cl2N5S/c25-18-4-5-20(26)17(9-18)13-31-22-8-15(11-27)3-6-21(22)30-23(31)10-19-14-32-24(29-19)16-2-1-7-28-12-16/h1-9,12,14H,10,13H2. The Morgan fingerprint density at radius 1 is 1.06 bits per heavy atom. The van der Waals surface area contributed by atoms with Crippen molar-refractivity contribution in [2.45, 2.75) is 13.0 Å². The minimum absolute atomic E-state index is 0.486. The van der Waals surface area contributed by atoms with Crippen LogP contribution in [0.15, 0.2) is 66.3 Å². The van der Waals surface area contributed by atoms with Crippen molar-refractivity contribution in [2.24, 2.45) is 0 Å². The van der Waals surface area contributed by atoms with Gasteiger partial charge in [0.05, 0.1) is 34.9 Å². The van der Waals surface area contributed by atoms with Crippen LogP contribution in [-0.2, 0) is 13.0 Å². The topological polar surface area (TPSA) is 67.4 Å². The van der Waals surface area contributed by atoms with Crippen molar-refractivity contribution in [1.82, 2.24) is 19.5 Å². The van der Waals surface area contributed by atoms with Gasteiger partial charge in [0, 0.05) is 39.8 Å². The number of nitriles is 1. The Hall–Kier alpha value is -3.24. The molecule has 0 N–H and O–H groups in total. The van der Waals surface area contributed by atoms with Crippen LogP contribution in [0, 0.1) is 11.3 Å². The first-order valence-corrected chi connectivity index (χ1v) is 11.4. The second-order valence-electron chi connectivity index (χ2n) is 7.23. The minimum Gasteiger partial charge on any atom is -0.323 e. The van der Waals surface area contributed by atoms with Crippen molar-refractivity contribution < 1.29 is 0 Å². The maximum absolute atomic E-state index is 9.38. The highest BCUT2D eigenvalue weighted by atomic mass is 35.5. The lowest BCUT2D eigenvalue weighted by Gasteiger charge is -2.11. The number of hydrogen-bond acceptors (Lipinski definition) is 5. The molecule has 3 heterocycles. The number of hydrogen-bond donors (Lipinski definition) is 0. The normalized spacial score (nSPS) is 11.0. The predicted molar refractivity (Wildman–Crippen MR) is 128 cm³/mol. The molecule has 0 bridgehead atoms. The number of pyridine rings is 1. The Kier molecular flexibility index (Phi) is 5.62. The van der Waals surface area contributed by atoms with Crippen molar-refractivity contribution in [1.29, 1.82) is 5.26 Å². The summed E-state index contributed by atoms with van der Waals surface area (Å²) in [7, 11) is 0. The molecule has 0 amide bonds. The monoisotopic (exact) mass is 475 g/mol. The summed E-state index contributed by atoms with van der Waals surface area (Å²) in [5.74, 6) is 0.842. The molecule has 0 atom stereocenters. The van der Waals surface area contributed by atoms with E-state index in [9.17, 15) is 5.26 Å². The highest BCUT2D eigenvalue weighted by molar-refractivity contribution is 7.13. The summed E-state index contributed by atoms with van der Waals surface area (Å²) in [4.78, 5) is 13.8. The summed E-state index contributed by atoms with van der Waals surface area (Å²) in [5.41, 5.74) is 5.06. The van der Waals surface area contributed by atoms with Crippen LogP contribution in [0.2, 0.25) is 10.0 Å². The minimum atomic E-state index is 0.486. The first-order chi connectivity index (χ1) is 15.6. The molecule has 0 aliphatic rings. The first-order valence-electron chi connectivity index (χ1n) is 9.79. The number of halogens is 2. The van der Waals surface area contributed by atoms with Gasteiger partial charge in [-0.2, -0.15) is 5.26 Å². The van der Waals surface area contributed by atoms with Gasteiger partial charge in [0.15, 0.2) is 0 Å². The third-order valence-corrected chi connectivity index (χ3v) is 6.64. The predicted octanol–water partition coefficient (Wildman–Crippen LogP) is 6.37. The summed E-state index contributed by atoms with van der Waals surface area (Å²) in [6.07, 6.45) is 4.10. The lowest BCUT2D eigenvalue weighted by atomic mass is 10.2. The van der Waals surface area contributed by atoms with Crippen molar-refractivity contribution in [3.05, 3.63) is 99.0 Å². The fourth-order valence-corrected chi connectivity index (χ4v) is 4.74. The SMILES string of the molecule is N#Cc1ccc2nc(Cc3csc(-c4cccnc4)n3)n(Cc3cc(Cl)ccc3Cl)c2c1. The van der Waals surface area contributed by atoms with Crippen LogP contribution >= 0.6 is 34.5 Å². The molecule has 0 saturated heterocycles. The molecule has 0 aliphatic heterocycles. The molecule has 0 saturated carbocycles. The van der Waals surface area contributed by atoms with E-state index in [2.05, 4.69) is 15.6 Å². The molecule has 0 radical (unpaired) electrons. The Labute approximate surface area is 198 Å². The number of aromatic nitrogens is 4. The first kappa shape index (κ1) is 20.7. The summed E-state index contributed by atoms with van der Waals surface area (Å²) in [5, 5.41) is 13.6.